The monoisotopic (exact) mass is 213 g/mol. The summed E-state index contributed by atoms with van der Waals surface area (Å²) in [6.07, 6.45) is 4.16. The van der Waals surface area contributed by atoms with Crippen molar-refractivity contribution in [2.24, 2.45) is 5.92 Å². The van der Waals surface area contributed by atoms with Gasteiger partial charge in [0.1, 0.15) is 0 Å². The highest BCUT2D eigenvalue weighted by atomic mass is 16.4. The third-order valence-corrected chi connectivity index (χ3v) is 2.42. The zero-order valence-electron chi connectivity index (χ0n) is 9.15. The van der Waals surface area contributed by atoms with Crippen LogP contribution in [0.1, 0.15) is 45.4 Å². The van der Waals surface area contributed by atoms with Crippen molar-refractivity contribution in [3.8, 4) is 6.07 Å². The van der Waals surface area contributed by atoms with Crippen LogP contribution >= 0.6 is 0 Å². The minimum atomic E-state index is -1.54. The Bertz CT molecular complexity index is 222. The van der Waals surface area contributed by atoms with Gasteiger partial charge in [-0.1, -0.05) is 39.0 Å². The van der Waals surface area contributed by atoms with Crippen molar-refractivity contribution < 1.29 is 15.0 Å². The van der Waals surface area contributed by atoms with E-state index in [-0.39, 0.29) is 0 Å². The smallest absolute Gasteiger partial charge is 0.333 e. The lowest BCUT2D eigenvalue weighted by Crippen LogP contribution is -2.28. The second kappa shape index (κ2) is 8.25. The van der Waals surface area contributed by atoms with Crippen LogP contribution in [0.5, 0.6) is 0 Å². The summed E-state index contributed by atoms with van der Waals surface area (Å²) in [5.74, 6) is -2.08. The Morgan fingerprint density at radius 1 is 1.33 bits per heavy atom. The van der Waals surface area contributed by atoms with Crippen LogP contribution in [0.3, 0.4) is 0 Å². The predicted molar refractivity (Wildman–Crippen MR) is 56.1 cm³/mol. The molecule has 0 aliphatic heterocycles. The fourth-order valence-corrected chi connectivity index (χ4v) is 1.43. The van der Waals surface area contributed by atoms with Gasteiger partial charge in [0.25, 0.3) is 0 Å². The second-order valence-electron chi connectivity index (χ2n) is 3.72. The first-order valence-electron chi connectivity index (χ1n) is 5.44. The lowest BCUT2D eigenvalue weighted by Gasteiger charge is -2.11. The summed E-state index contributed by atoms with van der Waals surface area (Å²) in [5.41, 5.74) is 0. The average Bonchev–Trinajstić information content (AvgIpc) is 2.22. The Labute approximate surface area is 90.5 Å². The zero-order chi connectivity index (χ0) is 11.7. The molecule has 0 saturated heterocycles. The van der Waals surface area contributed by atoms with Crippen LogP contribution in [0.4, 0.5) is 0 Å². The highest BCUT2D eigenvalue weighted by Gasteiger charge is 2.24. The quantitative estimate of drug-likeness (QED) is 0.604. The molecule has 0 aromatic carbocycles. The fourth-order valence-electron chi connectivity index (χ4n) is 1.43. The van der Waals surface area contributed by atoms with Gasteiger partial charge in [0.05, 0.1) is 12.0 Å². The maximum absolute atomic E-state index is 10.4. The third kappa shape index (κ3) is 6.08. The fraction of sp³-hybridized carbons (Fsp3) is 0.818. The maximum Gasteiger partial charge on any atom is 0.333 e. The number of aliphatic hydroxyl groups is 1. The molecule has 15 heavy (non-hydrogen) atoms. The number of aliphatic hydroxyl groups excluding tert-OH is 1. The normalized spacial score (nSPS) is 14.2. The lowest BCUT2D eigenvalue weighted by atomic mass is 9.96. The highest BCUT2D eigenvalue weighted by Crippen LogP contribution is 2.14. The molecule has 0 aliphatic rings. The van der Waals surface area contributed by atoms with E-state index in [1.54, 1.807) is 0 Å². The van der Waals surface area contributed by atoms with Crippen molar-refractivity contribution >= 4 is 5.97 Å². The van der Waals surface area contributed by atoms with Gasteiger partial charge >= 0.3 is 5.97 Å². The summed E-state index contributed by atoms with van der Waals surface area (Å²) in [4.78, 5) is 10.4. The number of hydrogen-bond acceptors (Lipinski definition) is 3. The van der Waals surface area contributed by atoms with Crippen molar-refractivity contribution in [1.82, 2.24) is 0 Å². The number of aliphatic carboxylic acids is 1. The highest BCUT2D eigenvalue weighted by molar-refractivity contribution is 5.72. The van der Waals surface area contributed by atoms with Gasteiger partial charge < -0.3 is 10.2 Å². The third-order valence-electron chi connectivity index (χ3n) is 2.42. The first kappa shape index (κ1) is 13.9. The van der Waals surface area contributed by atoms with E-state index in [2.05, 4.69) is 6.92 Å². The van der Waals surface area contributed by atoms with Crippen molar-refractivity contribution in [3.63, 3.8) is 0 Å². The van der Waals surface area contributed by atoms with Crippen LogP contribution in [0, 0.1) is 17.2 Å². The molecule has 0 unspecified atom stereocenters. The van der Waals surface area contributed by atoms with Crippen LogP contribution in [0.15, 0.2) is 0 Å². The number of unbranched alkanes of at least 4 members (excludes halogenated alkanes) is 4. The van der Waals surface area contributed by atoms with E-state index >= 15 is 0 Å². The van der Waals surface area contributed by atoms with Crippen LogP contribution < -0.4 is 0 Å². The summed E-state index contributed by atoms with van der Waals surface area (Å²) in [6, 6.07) is 1.84. The molecule has 0 aliphatic carbocycles. The largest absolute Gasteiger partial charge is 0.479 e. The zero-order valence-corrected chi connectivity index (χ0v) is 9.15. The number of carbonyl (C=O) groups is 1. The van der Waals surface area contributed by atoms with E-state index in [0.29, 0.717) is 6.42 Å². The van der Waals surface area contributed by atoms with E-state index in [4.69, 9.17) is 15.5 Å². The van der Waals surface area contributed by atoms with Gasteiger partial charge in [-0.3, -0.25) is 0 Å². The molecule has 0 radical (unpaired) electrons. The maximum atomic E-state index is 10.4. The second-order valence-corrected chi connectivity index (χ2v) is 3.72. The number of rotatable bonds is 8. The van der Waals surface area contributed by atoms with E-state index in [9.17, 15) is 4.79 Å². The molecule has 0 aromatic rings. The molecule has 0 rings (SSSR count). The first-order chi connectivity index (χ1) is 7.13. The molecule has 86 valence electrons. The van der Waals surface area contributed by atoms with Crippen LogP contribution in [-0.4, -0.2) is 22.3 Å². The molecule has 2 N–H and O–H groups in total. The molecular weight excluding hydrogens is 194 g/mol. The van der Waals surface area contributed by atoms with Gasteiger partial charge in [-0.05, 0) is 6.42 Å². The number of hydrogen-bond donors (Lipinski definition) is 2. The summed E-state index contributed by atoms with van der Waals surface area (Å²) >= 11 is 0. The Morgan fingerprint density at radius 2 is 1.93 bits per heavy atom. The van der Waals surface area contributed by atoms with Crippen LogP contribution in [-0.2, 0) is 4.79 Å². The summed E-state index contributed by atoms with van der Waals surface area (Å²) in [7, 11) is 0. The molecule has 0 heterocycles. The van der Waals surface area contributed by atoms with Gasteiger partial charge in [-0.25, -0.2) is 4.79 Å². The van der Waals surface area contributed by atoms with Crippen molar-refractivity contribution in [1.29, 1.82) is 5.26 Å². The standard InChI is InChI=1S/C11H19NO3/c1-2-3-4-5-6-7-9(8-12)10(13)11(14)15/h9-10,13H,2-7H2,1H3,(H,14,15)/t9-,10+/m1/s1. The Hall–Kier alpha value is -1.08. The van der Waals surface area contributed by atoms with Crippen molar-refractivity contribution in [2.75, 3.05) is 0 Å². The van der Waals surface area contributed by atoms with Gasteiger partial charge in [-0.15, -0.1) is 0 Å². The number of nitrogens with zero attached hydrogens (tertiary/aromatic N) is 1. The summed E-state index contributed by atoms with van der Waals surface area (Å²) in [6.45, 7) is 2.12. The van der Waals surface area contributed by atoms with Gasteiger partial charge in [0.2, 0.25) is 0 Å². The Morgan fingerprint density at radius 3 is 2.40 bits per heavy atom. The molecule has 4 nitrogen and oxygen atoms in total. The molecule has 2 atom stereocenters. The summed E-state index contributed by atoms with van der Waals surface area (Å²) < 4.78 is 0. The van der Waals surface area contributed by atoms with E-state index < -0.39 is 18.0 Å². The molecule has 4 heteroatoms. The van der Waals surface area contributed by atoms with Crippen molar-refractivity contribution in [3.05, 3.63) is 0 Å². The van der Waals surface area contributed by atoms with Crippen molar-refractivity contribution in [2.45, 2.75) is 51.6 Å². The molecule has 0 aromatic heterocycles. The first-order valence-corrected chi connectivity index (χ1v) is 5.44. The van der Waals surface area contributed by atoms with Gasteiger partial charge in [0.15, 0.2) is 6.10 Å². The van der Waals surface area contributed by atoms with E-state index in [1.165, 1.54) is 6.42 Å². The van der Waals surface area contributed by atoms with E-state index in [0.717, 1.165) is 25.7 Å². The minimum Gasteiger partial charge on any atom is -0.479 e. The molecular formula is C11H19NO3. The summed E-state index contributed by atoms with van der Waals surface area (Å²) in [5, 5.41) is 26.4. The van der Waals surface area contributed by atoms with Gasteiger partial charge in [0, 0.05) is 0 Å². The lowest BCUT2D eigenvalue weighted by molar-refractivity contribution is -0.148. The molecule has 0 bridgehead atoms. The van der Waals surface area contributed by atoms with E-state index in [1.807, 2.05) is 6.07 Å². The number of nitriles is 1. The Balaban J connectivity index is 3.72. The average molecular weight is 213 g/mol. The SMILES string of the molecule is CCCCCCC[C@H](C#N)[C@H](O)C(=O)O. The number of carboxylic acid groups (broad SMARTS) is 1. The number of carboxylic acids is 1. The van der Waals surface area contributed by atoms with Crippen LogP contribution in [0.2, 0.25) is 0 Å². The Kier molecular flexibility index (Phi) is 7.65. The molecule has 0 spiro atoms. The topological polar surface area (TPSA) is 81.3 Å². The molecule has 0 fully saturated rings. The van der Waals surface area contributed by atoms with Crippen LogP contribution in [0.25, 0.3) is 0 Å². The molecule has 0 amide bonds. The predicted octanol–water partition coefficient (Wildman–Crippen LogP) is 1.93. The van der Waals surface area contributed by atoms with Gasteiger partial charge in [-0.2, -0.15) is 5.26 Å². The molecule has 0 saturated carbocycles. The minimum absolute atomic E-state index is 0.466.